The van der Waals surface area contributed by atoms with Crippen molar-refractivity contribution >= 4 is 22.3 Å². The van der Waals surface area contributed by atoms with Gasteiger partial charge in [0.05, 0.1) is 29.5 Å². The van der Waals surface area contributed by atoms with Gasteiger partial charge in [0.1, 0.15) is 5.02 Å². The fourth-order valence-corrected chi connectivity index (χ4v) is 5.50. The fourth-order valence-electron chi connectivity index (χ4n) is 4.60. The number of benzene rings is 2. The highest BCUT2D eigenvalue weighted by molar-refractivity contribution is 7.90. The molecular formula is C28H31F3N6O9S. The van der Waals surface area contributed by atoms with Crippen LogP contribution in [0.15, 0.2) is 64.1 Å². The average Bonchev–Trinajstić information content (AvgIpc) is 3.37. The minimum Gasteiger partial charge on any atom is -0.448 e. The average molecular weight is 685 g/mol. The van der Waals surface area contributed by atoms with E-state index in [1.165, 1.54) is 24.0 Å². The second kappa shape index (κ2) is 13.3. The van der Waals surface area contributed by atoms with Gasteiger partial charge in [-0.25, -0.2) is 27.4 Å². The minimum atomic E-state index is -4.70. The molecule has 0 saturated carbocycles. The van der Waals surface area contributed by atoms with Gasteiger partial charge < -0.3 is 19.0 Å². The quantitative estimate of drug-likeness (QED) is 0.179. The summed E-state index contributed by atoms with van der Waals surface area (Å²) in [6.07, 6.45) is -7.21. The Morgan fingerprint density at radius 3 is 2.47 bits per heavy atom. The number of ether oxygens (including phenoxy) is 3. The minimum absolute atomic E-state index is 0.101. The number of aryl methyl sites for hydroxylation is 1. The highest BCUT2D eigenvalue weighted by Gasteiger charge is 2.36. The number of sulfonamides is 1. The molecule has 0 spiro atoms. The molecular weight excluding hydrogens is 653 g/mol. The predicted octanol–water partition coefficient (Wildman–Crippen LogP) is 4.08. The van der Waals surface area contributed by atoms with E-state index >= 15 is 0 Å². The van der Waals surface area contributed by atoms with Gasteiger partial charge in [-0.15, -0.1) is 0 Å². The lowest BCUT2D eigenvalue weighted by atomic mass is 10.1. The Morgan fingerprint density at radius 1 is 1.11 bits per heavy atom. The summed E-state index contributed by atoms with van der Waals surface area (Å²) in [5.74, 6) is -0.166. The molecule has 1 fully saturated rings. The number of carbonyl (C=O) groups is 2. The zero-order valence-corrected chi connectivity index (χ0v) is 26.2. The monoisotopic (exact) mass is 684 g/mol. The van der Waals surface area contributed by atoms with Crippen LogP contribution < -0.4 is 14.6 Å². The van der Waals surface area contributed by atoms with E-state index in [4.69, 9.17) is 18.9 Å². The molecule has 19 heteroatoms. The maximum absolute atomic E-state index is 13.5. The van der Waals surface area contributed by atoms with E-state index in [2.05, 4.69) is 9.84 Å². The molecule has 2 unspecified atom stereocenters. The molecule has 3 heterocycles. The maximum atomic E-state index is 13.5. The van der Waals surface area contributed by atoms with Crippen LogP contribution in [0.4, 0.5) is 22.8 Å². The summed E-state index contributed by atoms with van der Waals surface area (Å²) in [6, 6.07) is 12.6. The summed E-state index contributed by atoms with van der Waals surface area (Å²) in [4.78, 5) is 30.0. The summed E-state index contributed by atoms with van der Waals surface area (Å²) in [5.41, 5.74) is 0.613. The van der Waals surface area contributed by atoms with E-state index in [1.54, 1.807) is 36.2 Å². The van der Waals surface area contributed by atoms with Crippen molar-refractivity contribution < 1.29 is 54.9 Å². The van der Waals surface area contributed by atoms with Gasteiger partial charge in [-0.05, 0) is 50.6 Å². The van der Waals surface area contributed by atoms with Crippen molar-refractivity contribution in [1.29, 1.82) is 0 Å². The van der Waals surface area contributed by atoms with Crippen LogP contribution in [-0.2, 0) is 30.4 Å². The van der Waals surface area contributed by atoms with Gasteiger partial charge in [0.2, 0.25) is 0 Å². The van der Waals surface area contributed by atoms with Crippen LogP contribution in [0.3, 0.4) is 0 Å². The number of nitrogens with one attached hydrogen (secondary N) is 1. The van der Waals surface area contributed by atoms with Gasteiger partial charge >= 0.3 is 18.4 Å². The molecule has 1 aliphatic rings. The Bertz CT molecular complexity index is 1790. The van der Waals surface area contributed by atoms with E-state index in [9.17, 15) is 31.2 Å². The highest BCUT2D eigenvalue weighted by atomic mass is 32.2. The van der Waals surface area contributed by atoms with Crippen molar-refractivity contribution in [2.45, 2.75) is 44.6 Å². The third-order valence-corrected chi connectivity index (χ3v) is 8.26. The molecule has 1 amide bonds. The molecule has 5 rings (SSSR count). The number of alkyl halides is 3. The molecule has 1 aliphatic heterocycles. The molecule has 2 atom stereocenters. The second-order valence-corrected chi connectivity index (χ2v) is 12.2. The molecule has 1 saturated heterocycles. The zero-order valence-electron chi connectivity index (χ0n) is 25.3. The SMILES string of the molecule is CCOC(=O)OC(C)On1on1N1CCC(COC(=O)NS(=O)(=O)c2ccc(-n3nc(C(F)(F)F)cc3-c3ccc(C)cc3)cc2)C1. The second-order valence-electron chi connectivity index (χ2n) is 10.5. The summed E-state index contributed by atoms with van der Waals surface area (Å²) in [6.45, 7) is 5.86. The number of halogens is 3. The molecule has 2 aromatic carbocycles. The molecule has 4 aromatic rings. The van der Waals surface area contributed by atoms with Crippen molar-refractivity contribution in [3.63, 3.8) is 0 Å². The smallest absolute Gasteiger partial charge is 0.448 e. The Hall–Kier alpha value is -5.07. The third kappa shape index (κ3) is 8.21. The summed E-state index contributed by atoms with van der Waals surface area (Å²) >= 11 is 0. The van der Waals surface area contributed by atoms with Gasteiger partial charge in [0, 0.05) is 36.5 Å². The zero-order chi connectivity index (χ0) is 33.9. The van der Waals surface area contributed by atoms with Crippen LogP contribution >= 0.6 is 0 Å². The maximum Gasteiger partial charge on any atom is 0.511 e. The van der Waals surface area contributed by atoms with E-state index in [1.807, 2.05) is 11.6 Å². The highest BCUT2D eigenvalue weighted by Crippen LogP contribution is 2.33. The molecule has 0 bridgehead atoms. The van der Waals surface area contributed by atoms with Crippen LogP contribution in [0, 0.1) is 12.8 Å². The van der Waals surface area contributed by atoms with Gasteiger partial charge in [-0.2, -0.15) is 22.9 Å². The number of amides is 1. The van der Waals surface area contributed by atoms with Crippen LogP contribution in [0.25, 0.3) is 16.9 Å². The molecule has 254 valence electrons. The largest absolute Gasteiger partial charge is 0.511 e. The summed E-state index contributed by atoms with van der Waals surface area (Å²) < 4.78 is 89.0. The lowest BCUT2D eigenvalue weighted by Gasteiger charge is -2.13. The van der Waals surface area contributed by atoms with E-state index < -0.39 is 40.4 Å². The van der Waals surface area contributed by atoms with Gasteiger partial charge in [-0.3, -0.25) is 5.01 Å². The Labute approximate surface area is 266 Å². The van der Waals surface area contributed by atoms with E-state index in [0.717, 1.165) is 33.5 Å². The number of nitrogens with zero attached hydrogens (tertiary/aromatic N) is 5. The number of aromatic nitrogens is 4. The molecule has 1 N–H and O–H groups in total. The Morgan fingerprint density at radius 2 is 1.81 bits per heavy atom. The number of hydrogen-bond acceptors (Lipinski definition) is 11. The summed E-state index contributed by atoms with van der Waals surface area (Å²) in [7, 11) is -4.38. The Balaban J connectivity index is 1.15. The normalized spacial score (nSPS) is 15.8. The van der Waals surface area contributed by atoms with Crippen molar-refractivity contribution in [2.75, 3.05) is 31.3 Å². The first-order valence-corrected chi connectivity index (χ1v) is 15.8. The van der Waals surface area contributed by atoms with E-state index in [0.29, 0.717) is 25.1 Å². The lowest BCUT2D eigenvalue weighted by Crippen LogP contribution is -2.34. The van der Waals surface area contributed by atoms with E-state index in [-0.39, 0.29) is 35.4 Å². The number of rotatable bonds is 11. The topological polar surface area (TPSA) is 161 Å². The number of hydrogen-bond donors (Lipinski definition) is 1. The van der Waals surface area contributed by atoms with Crippen LogP contribution in [-0.4, -0.2) is 73.0 Å². The van der Waals surface area contributed by atoms with Crippen LogP contribution in [0.2, 0.25) is 0 Å². The first kappa shape index (κ1) is 33.3. The predicted molar refractivity (Wildman–Crippen MR) is 155 cm³/mol. The standard InChI is InChI=1S/C28H31F3N6O9S/c1-4-42-27(39)44-19(3)45-37-36(46-37)34-14-13-20(16-34)17-43-26(38)33-47(40,41)23-11-9-22(10-12-23)35-24(15-25(32-35)28(29,30)31)21-7-5-18(2)6-8-21/h5-12,15,19-20H,4,13-14,16-17H2,1-3H3,(H,33,38). The molecule has 0 aliphatic carbocycles. The molecule has 2 aromatic heterocycles. The van der Waals surface area contributed by atoms with Crippen molar-refractivity contribution in [2.24, 2.45) is 5.92 Å². The molecule has 0 radical (unpaired) electrons. The lowest BCUT2D eigenvalue weighted by molar-refractivity contribution is -0.141. The van der Waals surface area contributed by atoms with Crippen molar-refractivity contribution in [3.8, 4) is 16.9 Å². The number of carbonyl (C=O) groups excluding carboxylic acids is 2. The van der Waals surface area contributed by atoms with Gasteiger partial charge in [0.25, 0.3) is 16.3 Å². The van der Waals surface area contributed by atoms with Gasteiger partial charge in [0.15, 0.2) is 5.69 Å². The molecule has 47 heavy (non-hydrogen) atoms. The first-order chi connectivity index (χ1) is 22.2. The van der Waals surface area contributed by atoms with Crippen LogP contribution in [0.1, 0.15) is 31.5 Å². The van der Waals surface area contributed by atoms with Gasteiger partial charge in [-0.1, -0.05) is 29.8 Å². The van der Waals surface area contributed by atoms with Crippen molar-refractivity contribution in [1.82, 2.24) is 24.5 Å². The summed E-state index contributed by atoms with van der Waals surface area (Å²) in [5, 5.41) is 6.43. The fraction of sp³-hybridized carbons (Fsp3) is 0.393. The third-order valence-electron chi connectivity index (χ3n) is 6.93. The van der Waals surface area contributed by atoms with Crippen LogP contribution in [0.5, 0.6) is 0 Å². The van der Waals surface area contributed by atoms with Crippen molar-refractivity contribution in [3.05, 3.63) is 65.9 Å². The first-order valence-electron chi connectivity index (χ1n) is 14.3. The molecule has 15 nitrogen and oxygen atoms in total. The Kier molecular flexibility index (Phi) is 9.45.